The predicted molar refractivity (Wildman–Crippen MR) is 47.8 cm³/mol. The molecule has 0 aliphatic heterocycles. The largest absolute Gasteiger partial charge is 0.371 e. The van der Waals surface area contributed by atoms with Gasteiger partial charge in [0.1, 0.15) is 6.61 Å². The average Bonchev–Trinajstić information content (AvgIpc) is 2.18. The molecule has 0 fully saturated rings. The van der Waals surface area contributed by atoms with Gasteiger partial charge in [-0.3, -0.25) is 4.98 Å². The fraction of sp³-hybridized carbons (Fsp3) is 0.444. The van der Waals surface area contributed by atoms with Crippen molar-refractivity contribution in [3.05, 3.63) is 29.6 Å². The van der Waals surface area contributed by atoms with E-state index in [0.29, 0.717) is 6.54 Å². The fourth-order valence-electron chi connectivity index (χ4n) is 0.995. The Hall–Kier alpha value is -1.07. The molecule has 1 aromatic heterocycles. The van der Waals surface area contributed by atoms with Crippen molar-refractivity contribution in [2.45, 2.75) is 19.6 Å². The summed E-state index contributed by atoms with van der Waals surface area (Å²) >= 11 is 0. The number of hydrogen-bond acceptors (Lipinski definition) is 3. The molecule has 0 aliphatic carbocycles. The van der Waals surface area contributed by atoms with Crippen molar-refractivity contribution in [1.82, 2.24) is 4.98 Å². The Kier molecular flexibility index (Phi) is 4.42. The molecule has 1 rings (SSSR count). The summed E-state index contributed by atoms with van der Waals surface area (Å²) in [5.41, 5.74) is 6.90. The number of rotatable bonds is 5. The van der Waals surface area contributed by atoms with Gasteiger partial charge in [-0.1, -0.05) is 0 Å². The van der Waals surface area contributed by atoms with E-state index >= 15 is 0 Å². The highest BCUT2D eigenvalue weighted by molar-refractivity contribution is 5.15. The summed E-state index contributed by atoms with van der Waals surface area (Å²) in [5.74, 6) is 0. The quantitative estimate of drug-likeness (QED) is 0.783. The summed E-state index contributed by atoms with van der Waals surface area (Å²) in [5, 5.41) is 0. The molecule has 1 heterocycles. The average molecular weight is 202 g/mol. The lowest BCUT2D eigenvalue weighted by molar-refractivity contribution is 0.00984. The molecule has 0 amide bonds. The molecule has 78 valence electrons. The highest BCUT2D eigenvalue weighted by Crippen LogP contribution is 2.04. The van der Waals surface area contributed by atoms with Gasteiger partial charge in [0.25, 0.3) is 6.43 Å². The van der Waals surface area contributed by atoms with Crippen molar-refractivity contribution in [1.29, 1.82) is 0 Å². The molecule has 0 bridgehead atoms. The van der Waals surface area contributed by atoms with Crippen LogP contribution in [0, 0.1) is 0 Å². The summed E-state index contributed by atoms with van der Waals surface area (Å²) in [4.78, 5) is 3.97. The molecule has 3 nitrogen and oxygen atoms in total. The normalized spacial score (nSPS) is 10.9. The first kappa shape index (κ1) is 11.0. The summed E-state index contributed by atoms with van der Waals surface area (Å²) in [6.07, 6.45) is -0.839. The van der Waals surface area contributed by atoms with Crippen molar-refractivity contribution < 1.29 is 13.5 Å². The Labute approximate surface area is 80.9 Å². The molecule has 0 saturated heterocycles. The van der Waals surface area contributed by atoms with Crippen molar-refractivity contribution in [3.8, 4) is 0 Å². The zero-order valence-electron chi connectivity index (χ0n) is 7.62. The van der Waals surface area contributed by atoms with E-state index in [0.717, 1.165) is 11.3 Å². The Bertz CT molecular complexity index is 281. The second-order valence-electron chi connectivity index (χ2n) is 2.77. The van der Waals surface area contributed by atoms with Crippen LogP contribution in [0.5, 0.6) is 0 Å². The van der Waals surface area contributed by atoms with Crippen molar-refractivity contribution >= 4 is 0 Å². The SMILES string of the molecule is NCc1cc(COCC(F)F)ccn1. The first-order chi connectivity index (χ1) is 6.72. The molecule has 0 aromatic carbocycles. The van der Waals surface area contributed by atoms with E-state index in [1.54, 1.807) is 18.3 Å². The minimum absolute atomic E-state index is 0.167. The topological polar surface area (TPSA) is 48.1 Å². The smallest absolute Gasteiger partial charge is 0.261 e. The standard InChI is InChI=1S/C9H12F2N2O/c10-9(11)6-14-5-7-1-2-13-8(3-7)4-12/h1-3,9H,4-6,12H2. The molecule has 0 atom stereocenters. The summed E-state index contributed by atoms with van der Waals surface area (Å²) in [7, 11) is 0. The highest BCUT2D eigenvalue weighted by Gasteiger charge is 2.02. The van der Waals surface area contributed by atoms with Gasteiger partial charge in [0.2, 0.25) is 0 Å². The first-order valence-electron chi connectivity index (χ1n) is 4.22. The van der Waals surface area contributed by atoms with Crippen LogP contribution in [0.25, 0.3) is 0 Å². The van der Waals surface area contributed by atoms with Crippen LogP contribution in [0.3, 0.4) is 0 Å². The molecule has 0 spiro atoms. The third kappa shape index (κ3) is 3.76. The lowest BCUT2D eigenvalue weighted by Crippen LogP contribution is -2.05. The van der Waals surface area contributed by atoms with Crippen LogP contribution >= 0.6 is 0 Å². The summed E-state index contributed by atoms with van der Waals surface area (Å²) < 4.78 is 28.2. The molecule has 14 heavy (non-hydrogen) atoms. The van der Waals surface area contributed by atoms with Crippen molar-refractivity contribution in [2.75, 3.05) is 6.61 Å². The number of aromatic nitrogens is 1. The van der Waals surface area contributed by atoms with Gasteiger partial charge in [-0.05, 0) is 17.7 Å². The van der Waals surface area contributed by atoms with Crippen molar-refractivity contribution in [3.63, 3.8) is 0 Å². The number of hydrogen-bond donors (Lipinski definition) is 1. The van der Waals surface area contributed by atoms with E-state index in [1.165, 1.54) is 0 Å². The van der Waals surface area contributed by atoms with E-state index < -0.39 is 13.0 Å². The minimum Gasteiger partial charge on any atom is -0.371 e. The third-order valence-corrected chi connectivity index (χ3v) is 1.60. The van der Waals surface area contributed by atoms with Gasteiger partial charge < -0.3 is 10.5 Å². The fourth-order valence-corrected chi connectivity index (χ4v) is 0.995. The minimum atomic E-state index is -2.43. The number of nitrogens with two attached hydrogens (primary N) is 1. The van der Waals surface area contributed by atoms with E-state index in [-0.39, 0.29) is 6.61 Å². The second kappa shape index (κ2) is 5.62. The van der Waals surface area contributed by atoms with Gasteiger partial charge in [0.05, 0.1) is 12.3 Å². The van der Waals surface area contributed by atoms with Gasteiger partial charge in [-0.2, -0.15) is 0 Å². The van der Waals surface area contributed by atoms with Crippen LogP contribution < -0.4 is 5.73 Å². The van der Waals surface area contributed by atoms with Crippen LogP contribution in [0.15, 0.2) is 18.3 Å². The molecule has 5 heteroatoms. The number of alkyl halides is 2. The van der Waals surface area contributed by atoms with Crippen LogP contribution in [0.2, 0.25) is 0 Å². The maximum absolute atomic E-state index is 11.7. The molecule has 0 aliphatic rings. The Morgan fingerprint density at radius 1 is 1.50 bits per heavy atom. The van der Waals surface area contributed by atoms with Crippen LogP contribution in [0.4, 0.5) is 8.78 Å². The van der Waals surface area contributed by atoms with Crippen LogP contribution in [0.1, 0.15) is 11.3 Å². The van der Waals surface area contributed by atoms with Gasteiger partial charge >= 0.3 is 0 Å². The van der Waals surface area contributed by atoms with E-state index in [4.69, 9.17) is 10.5 Å². The first-order valence-corrected chi connectivity index (χ1v) is 4.22. The molecule has 0 saturated carbocycles. The number of pyridine rings is 1. The lowest BCUT2D eigenvalue weighted by atomic mass is 10.2. The maximum atomic E-state index is 11.7. The van der Waals surface area contributed by atoms with Gasteiger partial charge in [0, 0.05) is 12.7 Å². The van der Waals surface area contributed by atoms with Gasteiger partial charge in [-0.25, -0.2) is 8.78 Å². The predicted octanol–water partition coefficient (Wildman–Crippen LogP) is 1.32. The summed E-state index contributed by atoms with van der Waals surface area (Å²) in [6.45, 7) is -0.0389. The molecule has 1 aromatic rings. The van der Waals surface area contributed by atoms with E-state index in [9.17, 15) is 8.78 Å². The molecular formula is C9H12F2N2O. The van der Waals surface area contributed by atoms with E-state index in [2.05, 4.69) is 4.98 Å². The molecule has 2 N–H and O–H groups in total. The number of nitrogens with zero attached hydrogens (tertiary/aromatic N) is 1. The zero-order valence-corrected chi connectivity index (χ0v) is 7.62. The van der Waals surface area contributed by atoms with Crippen molar-refractivity contribution in [2.24, 2.45) is 5.73 Å². The highest BCUT2D eigenvalue weighted by atomic mass is 19.3. The molecule has 0 radical (unpaired) electrons. The maximum Gasteiger partial charge on any atom is 0.261 e. The molecular weight excluding hydrogens is 190 g/mol. The number of halogens is 2. The van der Waals surface area contributed by atoms with Crippen LogP contribution in [-0.2, 0) is 17.9 Å². The van der Waals surface area contributed by atoms with Gasteiger partial charge in [-0.15, -0.1) is 0 Å². The van der Waals surface area contributed by atoms with Gasteiger partial charge in [0.15, 0.2) is 0 Å². The zero-order chi connectivity index (χ0) is 10.4. The second-order valence-corrected chi connectivity index (χ2v) is 2.77. The Balaban J connectivity index is 2.42. The Morgan fingerprint density at radius 3 is 2.93 bits per heavy atom. The number of ether oxygens (including phenoxy) is 1. The third-order valence-electron chi connectivity index (χ3n) is 1.60. The van der Waals surface area contributed by atoms with Crippen LogP contribution in [-0.4, -0.2) is 18.0 Å². The lowest BCUT2D eigenvalue weighted by Gasteiger charge is -2.04. The monoisotopic (exact) mass is 202 g/mol. The van der Waals surface area contributed by atoms with E-state index in [1.807, 2.05) is 0 Å². The Morgan fingerprint density at radius 2 is 2.29 bits per heavy atom. The molecule has 0 unspecified atom stereocenters. The summed E-state index contributed by atoms with van der Waals surface area (Å²) in [6, 6.07) is 3.45.